The molecule has 3 heterocycles. The van der Waals surface area contributed by atoms with Gasteiger partial charge in [0.1, 0.15) is 16.7 Å². The summed E-state index contributed by atoms with van der Waals surface area (Å²) in [6.45, 7) is 6.04. The number of hydrogen-bond acceptors (Lipinski definition) is 5. The summed E-state index contributed by atoms with van der Waals surface area (Å²) < 4.78 is 0. The molecule has 0 bridgehead atoms. The Morgan fingerprint density at radius 2 is 1.97 bits per heavy atom. The number of piperidine rings is 1. The van der Waals surface area contributed by atoms with Crippen molar-refractivity contribution in [3.8, 4) is 11.8 Å². The van der Waals surface area contributed by atoms with Gasteiger partial charge in [-0.25, -0.2) is 0 Å². The van der Waals surface area contributed by atoms with E-state index in [4.69, 9.17) is 27.4 Å². The van der Waals surface area contributed by atoms with Gasteiger partial charge in [0.2, 0.25) is 0 Å². The summed E-state index contributed by atoms with van der Waals surface area (Å²) in [5, 5.41) is 21.7. The zero-order valence-corrected chi connectivity index (χ0v) is 18.7. The van der Waals surface area contributed by atoms with Gasteiger partial charge in [-0.05, 0) is 57.5 Å². The minimum absolute atomic E-state index is 0.227. The Morgan fingerprint density at radius 1 is 1.27 bits per heavy atom. The predicted molar refractivity (Wildman–Crippen MR) is 127 cm³/mol. The molecule has 0 aliphatic carbocycles. The quantitative estimate of drug-likeness (QED) is 0.344. The van der Waals surface area contributed by atoms with Gasteiger partial charge in [-0.3, -0.25) is 20.7 Å². The average Bonchev–Trinajstić information content (AvgIpc) is 2.95. The van der Waals surface area contributed by atoms with Gasteiger partial charge in [-0.15, -0.1) is 11.3 Å². The van der Waals surface area contributed by atoms with E-state index in [2.05, 4.69) is 24.1 Å². The number of benzene rings is 1. The van der Waals surface area contributed by atoms with Crippen molar-refractivity contribution in [2.75, 3.05) is 24.5 Å². The van der Waals surface area contributed by atoms with E-state index in [1.54, 1.807) is 23.2 Å². The van der Waals surface area contributed by atoms with E-state index in [-0.39, 0.29) is 6.54 Å². The molecule has 0 saturated carbocycles. The highest BCUT2D eigenvalue weighted by Gasteiger charge is 2.29. The highest BCUT2D eigenvalue weighted by atomic mass is 35.5. The molecular weight excluding hydrogens is 414 g/mol. The van der Waals surface area contributed by atoms with Crippen molar-refractivity contribution in [2.45, 2.75) is 26.7 Å². The highest BCUT2D eigenvalue weighted by molar-refractivity contribution is 7.17. The van der Waals surface area contributed by atoms with E-state index in [1.165, 1.54) is 0 Å². The molecule has 2 aliphatic heterocycles. The second-order valence-corrected chi connectivity index (χ2v) is 9.00. The standard InChI is InChI=1S/C23H24ClN5S/c1-14-19(8-3-16-9-11-27-12-10-16)30-23-21(14)22(17-4-6-18(24)7-5-17)28-13-20(26)29(23)15(2)25/h4-7,16,25-27H,9-13H2,1-2H3. The topological polar surface area (TPSA) is 75.3 Å². The molecule has 1 saturated heterocycles. The van der Waals surface area contributed by atoms with E-state index in [1.807, 2.05) is 24.3 Å². The lowest BCUT2D eigenvalue weighted by Crippen LogP contribution is -2.35. The molecule has 1 fully saturated rings. The summed E-state index contributed by atoms with van der Waals surface area (Å²) in [6.07, 6.45) is 2.15. The van der Waals surface area contributed by atoms with Crippen LogP contribution in [0.15, 0.2) is 29.3 Å². The molecule has 154 valence electrons. The second-order valence-electron chi connectivity index (χ2n) is 7.57. The number of anilines is 1. The molecule has 1 aromatic carbocycles. The van der Waals surface area contributed by atoms with E-state index in [0.717, 1.165) is 58.2 Å². The van der Waals surface area contributed by atoms with Crippen LogP contribution in [0.25, 0.3) is 0 Å². The van der Waals surface area contributed by atoms with E-state index >= 15 is 0 Å². The highest BCUT2D eigenvalue weighted by Crippen LogP contribution is 2.39. The maximum Gasteiger partial charge on any atom is 0.129 e. The van der Waals surface area contributed by atoms with Gasteiger partial charge in [-0.1, -0.05) is 35.6 Å². The zero-order valence-electron chi connectivity index (χ0n) is 17.1. The number of rotatable bonds is 1. The summed E-state index contributed by atoms with van der Waals surface area (Å²) in [7, 11) is 0. The number of aliphatic imine (C=N–C) groups is 1. The molecule has 3 N–H and O–H groups in total. The molecule has 0 spiro atoms. The van der Waals surface area contributed by atoms with Crippen LogP contribution in [0, 0.1) is 35.5 Å². The van der Waals surface area contributed by atoms with Crippen LogP contribution >= 0.6 is 22.9 Å². The summed E-state index contributed by atoms with van der Waals surface area (Å²) in [6, 6.07) is 7.63. The molecule has 5 nitrogen and oxygen atoms in total. The first-order valence-electron chi connectivity index (χ1n) is 10.0. The van der Waals surface area contributed by atoms with E-state index < -0.39 is 0 Å². The van der Waals surface area contributed by atoms with Gasteiger partial charge in [0.15, 0.2) is 0 Å². The summed E-state index contributed by atoms with van der Waals surface area (Å²) in [5.74, 6) is 7.89. The zero-order chi connectivity index (χ0) is 21.3. The predicted octanol–water partition coefficient (Wildman–Crippen LogP) is 4.69. The first-order valence-corrected chi connectivity index (χ1v) is 11.2. The Morgan fingerprint density at radius 3 is 2.63 bits per heavy atom. The Balaban J connectivity index is 1.84. The maximum absolute atomic E-state index is 8.50. The molecule has 1 aromatic heterocycles. The van der Waals surface area contributed by atoms with Gasteiger partial charge in [-0.2, -0.15) is 0 Å². The van der Waals surface area contributed by atoms with Gasteiger partial charge >= 0.3 is 0 Å². The van der Waals surface area contributed by atoms with Crippen LogP contribution in [0.3, 0.4) is 0 Å². The number of fused-ring (bicyclic) bond motifs is 1. The van der Waals surface area contributed by atoms with Crippen molar-refractivity contribution in [2.24, 2.45) is 10.9 Å². The van der Waals surface area contributed by atoms with Crippen molar-refractivity contribution in [3.63, 3.8) is 0 Å². The van der Waals surface area contributed by atoms with Crippen molar-refractivity contribution in [3.05, 3.63) is 50.9 Å². The molecule has 30 heavy (non-hydrogen) atoms. The Kier molecular flexibility index (Phi) is 6.05. The van der Waals surface area contributed by atoms with Crippen LogP contribution in [0.4, 0.5) is 5.00 Å². The lowest BCUT2D eigenvalue weighted by atomic mass is 9.98. The van der Waals surface area contributed by atoms with Crippen molar-refractivity contribution >= 4 is 45.3 Å². The SMILES string of the molecule is CC(=N)N1C(=N)CN=C(c2ccc(Cl)cc2)c2c1sc(C#CC1CCNCC1)c2C. The average molecular weight is 438 g/mol. The van der Waals surface area contributed by atoms with Crippen LogP contribution in [0.2, 0.25) is 5.02 Å². The summed E-state index contributed by atoms with van der Waals surface area (Å²) >= 11 is 7.64. The number of nitrogens with zero attached hydrogens (tertiary/aromatic N) is 2. The third-order valence-corrected chi connectivity index (χ3v) is 6.85. The van der Waals surface area contributed by atoms with Crippen molar-refractivity contribution < 1.29 is 0 Å². The van der Waals surface area contributed by atoms with Crippen LogP contribution in [-0.2, 0) is 0 Å². The fraction of sp³-hybridized carbons (Fsp3) is 0.348. The minimum Gasteiger partial charge on any atom is -0.317 e. The van der Waals surface area contributed by atoms with Crippen LogP contribution in [-0.4, -0.2) is 37.0 Å². The Labute approximate surface area is 186 Å². The number of amidine groups is 2. The van der Waals surface area contributed by atoms with Crippen molar-refractivity contribution in [1.82, 2.24) is 5.32 Å². The molecule has 0 unspecified atom stereocenters. The molecule has 2 aromatic rings. The molecule has 2 aliphatic rings. The largest absolute Gasteiger partial charge is 0.317 e. The van der Waals surface area contributed by atoms with Gasteiger partial charge in [0.05, 0.1) is 17.1 Å². The van der Waals surface area contributed by atoms with Gasteiger partial charge < -0.3 is 5.32 Å². The monoisotopic (exact) mass is 437 g/mol. The fourth-order valence-electron chi connectivity index (χ4n) is 3.81. The van der Waals surface area contributed by atoms with Gasteiger partial charge in [0.25, 0.3) is 0 Å². The molecule has 0 radical (unpaired) electrons. The number of thiophene rings is 1. The normalized spacial score (nSPS) is 17.0. The Hall–Kier alpha value is -2.46. The number of halogens is 1. The molecule has 0 atom stereocenters. The second kappa shape index (κ2) is 8.73. The smallest absolute Gasteiger partial charge is 0.129 e. The number of nitrogens with one attached hydrogen (secondary N) is 3. The summed E-state index contributed by atoms with van der Waals surface area (Å²) in [5.41, 5.74) is 3.81. The lowest BCUT2D eigenvalue weighted by Gasteiger charge is -2.20. The van der Waals surface area contributed by atoms with Crippen LogP contribution in [0.1, 0.15) is 41.3 Å². The van der Waals surface area contributed by atoms with E-state index in [9.17, 15) is 0 Å². The number of hydrogen-bond donors (Lipinski definition) is 3. The fourth-order valence-corrected chi connectivity index (χ4v) is 5.19. The molecule has 0 amide bonds. The van der Waals surface area contributed by atoms with Crippen LogP contribution in [0.5, 0.6) is 0 Å². The van der Waals surface area contributed by atoms with Gasteiger partial charge in [0, 0.05) is 22.1 Å². The first-order chi connectivity index (χ1) is 14.5. The molecular formula is C23H24ClN5S. The van der Waals surface area contributed by atoms with Crippen LogP contribution < -0.4 is 10.2 Å². The maximum atomic E-state index is 8.50. The third kappa shape index (κ3) is 4.06. The summed E-state index contributed by atoms with van der Waals surface area (Å²) in [4.78, 5) is 7.44. The third-order valence-electron chi connectivity index (χ3n) is 5.41. The first kappa shape index (κ1) is 20.8. The molecule has 7 heteroatoms. The molecule has 4 rings (SSSR count). The van der Waals surface area contributed by atoms with E-state index in [0.29, 0.717) is 22.6 Å². The lowest BCUT2D eigenvalue weighted by molar-refractivity contribution is 0.447. The Bertz CT molecular complexity index is 1080. The minimum atomic E-state index is 0.227. The van der Waals surface area contributed by atoms with Crippen molar-refractivity contribution in [1.29, 1.82) is 10.8 Å².